The highest BCUT2D eigenvalue weighted by Gasteiger charge is 2.16. The third-order valence-corrected chi connectivity index (χ3v) is 3.38. The number of carbonyl (C=O) groups is 2. The Balaban J connectivity index is 1.89. The molecule has 2 aromatic carbocycles. The van der Waals surface area contributed by atoms with E-state index in [9.17, 15) is 14.7 Å². The van der Waals surface area contributed by atoms with E-state index in [2.05, 4.69) is 6.58 Å². The van der Waals surface area contributed by atoms with Gasteiger partial charge in [-0.3, -0.25) is 0 Å². The fraction of sp³-hybridized carbons (Fsp3) is 0.200. The van der Waals surface area contributed by atoms with Crippen molar-refractivity contribution >= 4 is 11.9 Å². The molecule has 26 heavy (non-hydrogen) atoms. The maximum atomic E-state index is 12.4. The molecule has 6 nitrogen and oxygen atoms in total. The summed E-state index contributed by atoms with van der Waals surface area (Å²) in [7, 11) is 0. The quantitative estimate of drug-likeness (QED) is 0.320. The normalized spacial score (nSPS) is 10.0. The van der Waals surface area contributed by atoms with Crippen LogP contribution >= 0.6 is 0 Å². The fourth-order valence-electron chi connectivity index (χ4n) is 2.08. The lowest BCUT2D eigenvalue weighted by Gasteiger charge is -2.11. The number of hydrogen-bond donors (Lipinski definition) is 1. The lowest BCUT2D eigenvalue weighted by Crippen LogP contribution is -2.11. The zero-order valence-electron chi connectivity index (χ0n) is 14.2. The van der Waals surface area contributed by atoms with Crippen molar-refractivity contribution in [3.05, 3.63) is 66.7 Å². The van der Waals surface area contributed by atoms with Gasteiger partial charge in [-0.15, -0.1) is 0 Å². The van der Waals surface area contributed by atoms with E-state index in [1.54, 1.807) is 36.4 Å². The highest BCUT2D eigenvalue weighted by atomic mass is 16.5. The van der Waals surface area contributed by atoms with Gasteiger partial charge in [-0.1, -0.05) is 30.8 Å². The van der Waals surface area contributed by atoms with Crippen LogP contribution in [0.3, 0.4) is 0 Å². The molecule has 0 spiro atoms. The summed E-state index contributed by atoms with van der Waals surface area (Å²) >= 11 is 0. The van der Waals surface area contributed by atoms with Gasteiger partial charge < -0.3 is 19.3 Å². The third-order valence-electron chi connectivity index (χ3n) is 3.38. The Hall–Kier alpha value is -3.28. The molecule has 0 amide bonds. The number of esters is 2. The second-order valence-corrected chi connectivity index (χ2v) is 5.28. The van der Waals surface area contributed by atoms with Crippen molar-refractivity contribution in [2.45, 2.75) is 12.8 Å². The largest absolute Gasteiger partial charge is 0.504 e. The number of ether oxygens (including phenoxy) is 3. The molecule has 2 aromatic rings. The van der Waals surface area contributed by atoms with E-state index in [-0.39, 0.29) is 23.7 Å². The Labute approximate surface area is 151 Å². The molecular formula is C20H20O6. The van der Waals surface area contributed by atoms with Crippen LogP contribution in [0.4, 0.5) is 0 Å². The van der Waals surface area contributed by atoms with E-state index in [1.165, 1.54) is 12.1 Å². The molecule has 0 unspecified atom stereocenters. The Bertz CT molecular complexity index is 768. The number of carbonyl (C=O) groups excluding carboxylic acids is 2. The first-order chi connectivity index (χ1) is 12.6. The van der Waals surface area contributed by atoms with Crippen LogP contribution in [-0.4, -0.2) is 30.3 Å². The summed E-state index contributed by atoms with van der Waals surface area (Å²) in [6.45, 7) is 3.95. The number of hydrogen-bond acceptors (Lipinski definition) is 6. The van der Waals surface area contributed by atoms with Gasteiger partial charge in [0.2, 0.25) is 0 Å². The molecular weight excluding hydrogens is 336 g/mol. The van der Waals surface area contributed by atoms with Crippen LogP contribution in [0.25, 0.3) is 0 Å². The summed E-state index contributed by atoms with van der Waals surface area (Å²) in [5, 5.41) is 9.71. The molecule has 0 aliphatic carbocycles. The fourth-order valence-corrected chi connectivity index (χ4v) is 2.08. The summed E-state index contributed by atoms with van der Waals surface area (Å²) in [5.41, 5.74) is 0.258. The van der Waals surface area contributed by atoms with E-state index in [1.807, 2.05) is 0 Å². The molecule has 0 aromatic heterocycles. The van der Waals surface area contributed by atoms with Crippen molar-refractivity contribution in [3.8, 4) is 17.2 Å². The number of benzene rings is 2. The van der Waals surface area contributed by atoms with Crippen LogP contribution in [0.2, 0.25) is 0 Å². The second kappa shape index (κ2) is 9.88. The van der Waals surface area contributed by atoms with Crippen molar-refractivity contribution in [2.75, 3.05) is 13.2 Å². The minimum atomic E-state index is -0.623. The lowest BCUT2D eigenvalue weighted by molar-refractivity contribution is -0.137. The smallest absolute Gasteiger partial charge is 0.347 e. The number of aromatic hydroxyl groups is 1. The summed E-state index contributed by atoms with van der Waals surface area (Å²) < 4.78 is 15.7. The van der Waals surface area contributed by atoms with Crippen LogP contribution in [0.5, 0.6) is 17.2 Å². The van der Waals surface area contributed by atoms with Gasteiger partial charge in [0.05, 0.1) is 13.2 Å². The minimum absolute atomic E-state index is 0.0799. The standard InChI is InChI=1S/C20H20O6/c1-2-19(22)25-14-8-7-13-24-17-11-5-3-9-15(17)20(23)26-18-12-6-4-10-16(18)21/h2-6,9-12,21H,1,7-8,13-14H2. The third kappa shape index (κ3) is 5.66. The average Bonchev–Trinajstić information content (AvgIpc) is 2.66. The van der Waals surface area contributed by atoms with Gasteiger partial charge in [0.15, 0.2) is 11.5 Å². The predicted octanol–water partition coefficient (Wildman–Crippen LogP) is 3.50. The predicted molar refractivity (Wildman–Crippen MR) is 95.4 cm³/mol. The molecule has 2 rings (SSSR count). The topological polar surface area (TPSA) is 82.1 Å². The first kappa shape index (κ1) is 19.1. The summed E-state index contributed by atoms with van der Waals surface area (Å²) in [5.74, 6) is -0.731. The first-order valence-corrected chi connectivity index (χ1v) is 8.13. The minimum Gasteiger partial charge on any atom is -0.504 e. The van der Waals surface area contributed by atoms with Crippen molar-refractivity contribution in [3.63, 3.8) is 0 Å². The van der Waals surface area contributed by atoms with Crippen LogP contribution in [0.1, 0.15) is 23.2 Å². The molecule has 0 aliphatic heterocycles. The van der Waals surface area contributed by atoms with Crippen molar-refractivity contribution < 1.29 is 28.9 Å². The Morgan fingerprint density at radius 3 is 2.35 bits per heavy atom. The van der Waals surface area contributed by atoms with Gasteiger partial charge in [0, 0.05) is 6.08 Å². The van der Waals surface area contributed by atoms with Gasteiger partial charge in [-0.05, 0) is 37.1 Å². The molecule has 0 aliphatic rings. The SMILES string of the molecule is C=CC(=O)OCCCCOc1ccccc1C(=O)Oc1ccccc1O. The van der Waals surface area contributed by atoms with Crippen LogP contribution in [-0.2, 0) is 9.53 Å². The van der Waals surface area contributed by atoms with Gasteiger partial charge in [-0.25, -0.2) is 9.59 Å². The molecule has 0 saturated carbocycles. The number of unbranched alkanes of at least 4 members (excludes halogenated alkanes) is 1. The summed E-state index contributed by atoms with van der Waals surface area (Å²) in [6.07, 6.45) is 2.39. The van der Waals surface area contributed by atoms with Gasteiger partial charge in [0.25, 0.3) is 0 Å². The number of para-hydroxylation sites is 3. The van der Waals surface area contributed by atoms with Crippen molar-refractivity contribution in [1.82, 2.24) is 0 Å². The monoisotopic (exact) mass is 356 g/mol. The van der Waals surface area contributed by atoms with Crippen molar-refractivity contribution in [2.24, 2.45) is 0 Å². The molecule has 6 heteroatoms. The highest BCUT2D eigenvalue weighted by Crippen LogP contribution is 2.27. The summed E-state index contributed by atoms with van der Waals surface area (Å²) in [6, 6.07) is 12.9. The van der Waals surface area contributed by atoms with Crippen LogP contribution in [0.15, 0.2) is 61.2 Å². The van der Waals surface area contributed by atoms with Crippen LogP contribution in [0, 0.1) is 0 Å². The molecule has 0 saturated heterocycles. The molecule has 0 heterocycles. The maximum absolute atomic E-state index is 12.4. The molecule has 1 N–H and O–H groups in total. The van der Waals surface area contributed by atoms with E-state index >= 15 is 0 Å². The van der Waals surface area contributed by atoms with E-state index < -0.39 is 11.9 Å². The number of rotatable bonds is 9. The zero-order chi connectivity index (χ0) is 18.8. The number of phenolic OH excluding ortho intramolecular Hbond substituents is 1. The maximum Gasteiger partial charge on any atom is 0.347 e. The molecule has 0 radical (unpaired) electrons. The molecule has 0 bridgehead atoms. The molecule has 136 valence electrons. The second-order valence-electron chi connectivity index (χ2n) is 5.28. The number of phenols is 1. The Kier molecular flexibility index (Phi) is 7.24. The van der Waals surface area contributed by atoms with Gasteiger partial charge in [-0.2, -0.15) is 0 Å². The summed E-state index contributed by atoms with van der Waals surface area (Å²) in [4.78, 5) is 23.3. The Morgan fingerprint density at radius 1 is 0.962 bits per heavy atom. The van der Waals surface area contributed by atoms with E-state index in [0.29, 0.717) is 25.2 Å². The Morgan fingerprint density at radius 2 is 1.62 bits per heavy atom. The average molecular weight is 356 g/mol. The molecule has 0 atom stereocenters. The van der Waals surface area contributed by atoms with E-state index in [4.69, 9.17) is 14.2 Å². The van der Waals surface area contributed by atoms with Crippen LogP contribution < -0.4 is 9.47 Å². The first-order valence-electron chi connectivity index (χ1n) is 8.13. The highest BCUT2D eigenvalue weighted by molar-refractivity contribution is 5.94. The molecule has 0 fully saturated rings. The lowest BCUT2D eigenvalue weighted by atomic mass is 10.2. The van der Waals surface area contributed by atoms with Gasteiger partial charge >= 0.3 is 11.9 Å². The van der Waals surface area contributed by atoms with Crippen molar-refractivity contribution in [1.29, 1.82) is 0 Å². The van der Waals surface area contributed by atoms with Gasteiger partial charge in [0.1, 0.15) is 11.3 Å². The zero-order valence-corrected chi connectivity index (χ0v) is 14.2. The van der Waals surface area contributed by atoms with E-state index in [0.717, 1.165) is 6.08 Å².